The monoisotopic (exact) mass is 318 g/mol. The highest BCUT2D eigenvalue weighted by atomic mass is 32.2. The lowest BCUT2D eigenvalue weighted by Gasteiger charge is -2.19. The van der Waals surface area contributed by atoms with Crippen LogP contribution >= 0.6 is 11.8 Å². The minimum absolute atomic E-state index is 0.272. The Morgan fingerprint density at radius 3 is 2.86 bits per heavy atom. The van der Waals surface area contributed by atoms with Crippen LogP contribution in [0.1, 0.15) is 38.0 Å². The van der Waals surface area contributed by atoms with Gasteiger partial charge in [0.15, 0.2) is 11.5 Å². The second kappa shape index (κ2) is 6.20. The number of hydrogen-bond donors (Lipinski definition) is 0. The van der Waals surface area contributed by atoms with E-state index in [1.807, 2.05) is 30.0 Å². The van der Waals surface area contributed by atoms with Crippen molar-refractivity contribution >= 4 is 11.8 Å². The van der Waals surface area contributed by atoms with Gasteiger partial charge in [-0.05, 0) is 31.0 Å². The Kier molecular flexibility index (Phi) is 3.93. The summed E-state index contributed by atoms with van der Waals surface area (Å²) in [5, 5.41) is 4.82. The Morgan fingerprint density at radius 1 is 1.09 bits per heavy atom. The zero-order valence-corrected chi connectivity index (χ0v) is 13.1. The number of thioether (sulfide) groups is 1. The molecule has 2 aliphatic rings. The minimum atomic E-state index is 0.272. The van der Waals surface area contributed by atoms with Crippen LogP contribution in [0, 0.1) is 0 Å². The van der Waals surface area contributed by atoms with Crippen molar-refractivity contribution in [2.45, 2.75) is 43.1 Å². The first-order valence-corrected chi connectivity index (χ1v) is 8.77. The molecule has 0 radical (unpaired) electrons. The van der Waals surface area contributed by atoms with Crippen molar-refractivity contribution in [3.8, 4) is 22.9 Å². The minimum Gasteiger partial charge on any atom is -0.454 e. The van der Waals surface area contributed by atoms with Crippen LogP contribution in [0.2, 0.25) is 0 Å². The number of ether oxygens (including phenoxy) is 2. The van der Waals surface area contributed by atoms with E-state index in [0.29, 0.717) is 11.7 Å². The van der Waals surface area contributed by atoms with Crippen LogP contribution in [0.5, 0.6) is 11.5 Å². The highest BCUT2D eigenvalue weighted by molar-refractivity contribution is 7.99. The number of benzene rings is 1. The lowest BCUT2D eigenvalue weighted by molar-refractivity contribution is 0.174. The molecule has 4 rings (SSSR count). The summed E-state index contributed by atoms with van der Waals surface area (Å²) in [6.07, 6.45) is 6.71. The molecule has 116 valence electrons. The fourth-order valence-corrected chi connectivity index (χ4v) is 4.05. The summed E-state index contributed by atoms with van der Waals surface area (Å²) in [5.74, 6) is 3.60. The zero-order chi connectivity index (χ0) is 14.8. The van der Waals surface area contributed by atoms with Crippen molar-refractivity contribution in [3.05, 3.63) is 24.1 Å². The molecule has 0 spiro atoms. The van der Waals surface area contributed by atoms with Crippen molar-refractivity contribution < 1.29 is 14.0 Å². The smallest absolute Gasteiger partial charge is 0.236 e. The maximum Gasteiger partial charge on any atom is 0.236 e. The summed E-state index contributed by atoms with van der Waals surface area (Å²) in [7, 11) is 0. The van der Waals surface area contributed by atoms with Gasteiger partial charge in [0.05, 0.1) is 5.75 Å². The van der Waals surface area contributed by atoms with Gasteiger partial charge in [0.1, 0.15) is 0 Å². The molecule has 0 saturated heterocycles. The Labute approximate surface area is 133 Å². The van der Waals surface area contributed by atoms with Crippen LogP contribution in [0.4, 0.5) is 0 Å². The number of fused-ring (bicyclic) bond motifs is 1. The molecule has 22 heavy (non-hydrogen) atoms. The molecule has 0 amide bonds. The first-order valence-electron chi connectivity index (χ1n) is 7.73. The number of aromatic nitrogens is 2. The lowest BCUT2D eigenvalue weighted by Crippen LogP contribution is -2.08. The summed E-state index contributed by atoms with van der Waals surface area (Å²) in [4.78, 5) is 4.50. The van der Waals surface area contributed by atoms with Gasteiger partial charge in [-0.15, -0.1) is 11.8 Å². The molecule has 1 aliphatic heterocycles. The normalized spacial score (nSPS) is 17.8. The van der Waals surface area contributed by atoms with E-state index in [2.05, 4.69) is 10.1 Å². The summed E-state index contributed by atoms with van der Waals surface area (Å²) in [5.41, 5.74) is 0.891. The summed E-state index contributed by atoms with van der Waals surface area (Å²) in [6.45, 7) is 0.272. The van der Waals surface area contributed by atoms with Gasteiger partial charge < -0.3 is 14.0 Å². The van der Waals surface area contributed by atoms with E-state index in [1.54, 1.807) is 0 Å². The molecule has 0 unspecified atom stereocenters. The standard InChI is InChI=1S/C16H18N2O3S/c1-2-4-12(5-3-1)22-9-15-17-16(18-21-15)11-6-7-13-14(8-11)20-10-19-13/h6-8,12H,1-5,9-10H2. The van der Waals surface area contributed by atoms with Gasteiger partial charge in [0, 0.05) is 10.8 Å². The van der Waals surface area contributed by atoms with Crippen molar-refractivity contribution in [3.63, 3.8) is 0 Å². The third kappa shape index (κ3) is 2.92. The number of hydrogen-bond acceptors (Lipinski definition) is 6. The molecule has 0 bridgehead atoms. The van der Waals surface area contributed by atoms with E-state index in [0.717, 1.165) is 28.1 Å². The molecule has 1 fully saturated rings. The molecular formula is C16H18N2O3S. The topological polar surface area (TPSA) is 57.4 Å². The van der Waals surface area contributed by atoms with E-state index in [-0.39, 0.29) is 6.79 Å². The fourth-order valence-electron chi connectivity index (χ4n) is 2.89. The second-order valence-corrected chi connectivity index (χ2v) is 6.94. The average Bonchev–Trinajstić information content (AvgIpc) is 3.22. The van der Waals surface area contributed by atoms with E-state index >= 15 is 0 Å². The molecule has 2 aromatic rings. The van der Waals surface area contributed by atoms with E-state index in [1.165, 1.54) is 32.1 Å². The van der Waals surface area contributed by atoms with Crippen LogP contribution in [-0.4, -0.2) is 22.2 Å². The Morgan fingerprint density at radius 2 is 1.95 bits per heavy atom. The molecule has 0 atom stereocenters. The van der Waals surface area contributed by atoms with Gasteiger partial charge in [-0.3, -0.25) is 0 Å². The third-order valence-corrected chi connectivity index (χ3v) is 5.45. The number of nitrogens with zero attached hydrogens (tertiary/aromatic N) is 2. The van der Waals surface area contributed by atoms with Crippen LogP contribution in [0.3, 0.4) is 0 Å². The maximum atomic E-state index is 5.38. The highest BCUT2D eigenvalue weighted by Crippen LogP contribution is 2.35. The number of rotatable bonds is 4. The SMILES string of the molecule is c1cc2c(cc1-c1noc(CSC3CCCCC3)n1)OCO2. The molecule has 1 aliphatic carbocycles. The van der Waals surface area contributed by atoms with Crippen molar-refractivity contribution in [1.82, 2.24) is 10.1 Å². The maximum absolute atomic E-state index is 5.38. The summed E-state index contributed by atoms with van der Waals surface area (Å²) < 4.78 is 16.1. The van der Waals surface area contributed by atoms with Gasteiger partial charge in [0.25, 0.3) is 0 Å². The van der Waals surface area contributed by atoms with Crippen molar-refractivity contribution in [1.29, 1.82) is 0 Å². The molecule has 6 heteroatoms. The van der Waals surface area contributed by atoms with E-state index in [9.17, 15) is 0 Å². The predicted octanol–water partition coefficient (Wildman–Crippen LogP) is 4.03. The van der Waals surface area contributed by atoms with Crippen molar-refractivity contribution in [2.75, 3.05) is 6.79 Å². The van der Waals surface area contributed by atoms with Gasteiger partial charge in [-0.2, -0.15) is 4.98 Å². The molecule has 1 aromatic heterocycles. The van der Waals surface area contributed by atoms with Crippen molar-refractivity contribution in [2.24, 2.45) is 0 Å². The first-order chi connectivity index (χ1) is 10.9. The Hall–Kier alpha value is -1.69. The van der Waals surface area contributed by atoms with E-state index in [4.69, 9.17) is 14.0 Å². The summed E-state index contributed by atoms with van der Waals surface area (Å²) in [6, 6.07) is 5.70. The predicted molar refractivity (Wildman–Crippen MR) is 84.0 cm³/mol. The molecule has 1 aromatic carbocycles. The van der Waals surface area contributed by atoms with E-state index < -0.39 is 0 Å². The van der Waals surface area contributed by atoms with Gasteiger partial charge in [0.2, 0.25) is 18.5 Å². The van der Waals surface area contributed by atoms with Gasteiger partial charge >= 0.3 is 0 Å². The Balaban J connectivity index is 1.42. The quantitative estimate of drug-likeness (QED) is 0.848. The average molecular weight is 318 g/mol. The Bertz CT molecular complexity index is 653. The molecule has 0 N–H and O–H groups in total. The van der Waals surface area contributed by atoms with Gasteiger partial charge in [-0.1, -0.05) is 24.4 Å². The lowest BCUT2D eigenvalue weighted by atomic mass is 10.0. The van der Waals surface area contributed by atoms with Gasteiger partial charge in [-0.25, -0.2) is 0 Å². The van der Waals surface area contributed by atoms with Crippen LogP contribution in [0.25, 0.3) is 11.4 Å². The fraction of sp³-hybridized carbons (Fsp3) is 0.500. The largest absolute Gasteiger partial charge is 0.454 e. The molecule has 5 nitrogen and oxygen atoms in total. The van der Waals surface area contributed by atoms with Crippen LogP contribution in [0.15, 0.2) is 22.7 Å². The molecule has 2 heterocycles. The second-order valence-electron chi connectivity index (χ2n) is 5.65. The molecular weight excluding hydrogens is 300 g/mol. The zero-order valence-electron chi connectivity index (χ0n) is 12.3. The first kappa shape index (κ1) is 13.9. The third-order valence-electron chi connectivity index (χ3n) is 4.09. The van der Waals surface area contributed by atoms with Crippen LogP contribution in [-0.2, 0) is 5.75 Å². The highest BCUT2D eigenvalue weighted by Gasteiger charge is 2.18. The van der Waals surface area contributed by atoms with Crippen LogP contribution < -0.4 is 9.47 Å². The summed E-state index contributed by atoms with van der Waals surface area (Å²) >= 11 is 1.94. The molecule has 1 saturated carbocycles.